The van der Waals surface area contributed by atoms with E-state index in [0.717, 1.165) is 60.3 Å². The summed E-state index contributed by atoms with van der Waals surface area (Å²) >= 11 is 0. The zero-order valence-corrected chi connectivity index (χ0v) is 17.1. The van der Waals surface area contributed by atoms with Crippen LogP contribution in [0, 0.1) is 18.3 Å². The van der Waals surface area contributed by atoms with Gasteiger partial charge in [-0.3, -0.25) is 4.79 Å². The van der Waals surface area contributed by atoms with E-state index in [4.69, 9.17) is 0 Å². The van der Waals surface area contributed by atoms with Gasteiger partial charge in [0.15, 0.2) is 0 Å². The molecule has 30 heavy (non-hydrogen) atoms. The summed E-state index contributed by atoms with van der Waals surface area (Å²) in [5.41, 5.74) is 2.84. The van der Waals surface area contributed by atoms with Gasteiger partial charge in [0, 0.05) is 31.7 Å². The van der Waals surface area contributed by atoms with Gasteiger partial charge in [0.25, 0.3) is 0 Å². The first-order chi connectivity index (χ1) is 14.6. The smallest absolute Gasteiger partial charge is 0.223 e. The molecule has 1 spiro atoms. The van der Waals surface area contributed by atoms with Crippen LogP contribution in [0.1, 0.15) is 36.5 Å². The average molecular weight is 406 g/mol. The van der Waals surface area contributed by atoms with E-state index in [1.165, 1.54) is 0 Å². The van der Waals surface area contributed by atoms with Crippen molar-refractivity contribution in [2.24, 2.45) is 11.3 Å². The number of fused-ring (bicyclic) bond motifs is 1. The second-order valence-electron chi connectivity index (χ2n) is 8.73. The van der Waals surface area contributed by atoms with Crippen LogP contribution in [0.5, 0.6) is 0 Å². The van der Waals surface area contributed by atoms with Crippen molar-refractivity contribution in [3.63, 3.8) is 0 Å². The summed E-state index contributed by atoms with van der Waals surface area (Å²) in [6, 6.07) is 9.79. The van der Waals surface area contributed by atoms with Crippen LogP contribution in [-0.4, -0.2) is 45.6 Å². The Hall–Kier alpha value is -2.93. The van der Waals surface area contributed by atoms with Gasteiger partial charge >= 0.3 is 0 Å². The fraction of sp³-hybridized carbons (Fsp3) is 0.435. The van der Waals surface area contributed by atoms with Crippen LogP contribution in [0.4, 0.5) is 5.82 Å². The summed E-state index contributed by atoms with van der Waals surface area (Å²) in [5, 5.41) is 14.5. The van der Waals surface area contributed by atoms with E-state index < -0.39 is 6.10 Å². The maximum absolute atomic E-state index is 13.0. The molecule has 7 nitrogen and oxygen atoms in total. The Balaban J connectivity index is 1.24. The van der Waals surface area contributed by atoms with E-state index >= 15 is 0 Å². The molecule has 1 amide bonds. The van der Waals surface area contributed by atoms with Crippen molar-refractivity contribution in [2.45, 2.75) is 32.3 Å². The molecule has 3 heterocycles. The molecule has 1 aliphatic heterocycles. The van der Waals surface area contributed by atoms with E-state index in [2.05, 4.69) is 25.2 Å². The van der Waals surface area contributed by atoms with Crippen LogP contribution in [0.15, 0.2) is 42.9 Å². The number of benzene rings is 1. The van der Waals surface area contributed by atoms with Crippen molar-refractivity contribution in [3.05, 3.63) is 54.0 Å². The Kier molecular flexibility index (Phi) is 4.70. The molecule has 0 bridgehead atoms. The number of hydrogen-bond donors (Lipinski definition) is 3. The summed E-state index contributed by atoms with van der Waals surface area (Å²) in [6.07, 6.45) is 5.71. The van der Waals surface area contributed by atoms with Crippen LogP contribution < -0.4 is 10.2 Å². The largest absolute Gasteiger partial charge is 0.387 e. The standard InChI is InChI=1S/C23H27N5O2/c1-15-2-4-16(5-3-15)19(29)12-25-22(30)18-7-11-28(13-23(18)8-9-23)21-17-6-10-24-20(17)26-14-27-21/h2-6,10,14,18-19,29H,7-9,11-13H2,1H3,(H,25,30)(H,24,26,27)/t18-,19?/m1/s1. The Morgan fingerprint density at radius 3 is 2.87 bits per heavy atom. The minimum Gasteiger partial charge on any atom is -0.387 e. The van der Waals surface area contributed by atoms with Gasteiger partial charge in [0.2, 0.25) is 5.91 Å². The van der Waals surface area contributed by atoms with E-state index in [1.54, 1.807) is 6.33 Å². The van der Waals surface area contributed by atoms with Crippen molar-refractivity contribution in [2.75, 3.05) is 24.5 Å². The number of piperidine rings is 1. The number of aliphatic hydroxyl groups is 1. The van der Waals surface area contributed by atoms with Crippen molar-refractivity contribution < 1.29 is 9.90 Å². The maximum atomic E-state index is 13.0. The Labute approximate surface area is 175 Å². The number of carbonyl (C=O) groups excluding carboxylic acids is 1. The highest BCUT2D eigenvalue weighted by Gasteiger charge is 2.55. The molecule has 5 rings (SSSR count). The average Bonchev–Trinajstić information content (AvgIpc) is 3.33. The molecular formula is C23H27N5O2. The third-order valence-electron chi connectivity index (χ3n) is 6.71. The summed E-state index contributed by atoms with van der Waals surface area (Å²) < 4.78 is 0. The van der Waals surface area contributed by atoms with Gasteiger partial charge in [-0.25, -0.2) is 9.97 Å². The molecule has 3 aromatic rings. The monoisotopic (exact) mass is 405 g/mol. The number of H-pyrrole nitrogens is 1. The highest BCUT2D eigenvalue weighted by Crippen LogP contribution is 2.56. The first kappa shape index (κ1) is 19.1. The molecule has 1 aromatic carbocycles. The van der Waals surface area contributed by atoms with E-state index in [9.17, 15) is 9.90 Å². The number of hydrogen-bond acceptors (Lipinski definition) is 5. The Morgan fingerprint density at radius 2 is 2.10 bits per heavy atom. The van der Waals surface area contributed by atoms with Crippen molar-refractivity contribution in [1.82, 2.24) is 20.3 Å². The molecule has 1 aliphatic carbocycles. The predicted molar refractivity (Wildman–Crippen MR) is 115 cm³/mol. The normalized spacial score (nSPS) is 21.0. The lowest BCUT2D eigenvalue weighted by Gasteiger charge is -2.39. The SMILES string of the molecule is Cc1ccc(C(O)CNC(=O)[C@H]2CCN(c3ncnc4[nH]ccc34)CC23CC3)cc1. The predicted octanol–water partition coefficient (Wildman–Crippen LogP) is 2.72. The summed E-state index contributed by atoms with van der Waals surface area (Å²) in [7, 11) is 0. The quantitative estimate of drug-likeness (QED) is 0.607. The highest BCUT2D eigenvalue weighted by atomic mass is 16.3. The molecule has 1 unspecified atom stereocenters. The van der Waals surface area contributed by atoms with Gasteiger partial charge in [-0.05, 0) is 43.2 Å². The van der Waals surface area contributed by atoms with Crippen molar-refractivity contribution >= 4 is 22.8 Å². The number of aromatic nitrogens is 3. The van der Waals surface area contributed by atoms with Crippen LogP contribution in [0.2, 0.25) is 0 Å². The summed E-state index contributed by atoms with van der Waals surface area (Å²) in [6.45, 7) is 3.89. The van der Waals surface area contributed by atoms with Crippen LogP contribution >= 0.6 is 0 Å². The highest BCUT2D eigenvalue weighted by molar-refractivity contribution is 5.87. The van der Waals surface area contributed by atoms with Gasteiger partial charge in [-0.2, -0.15) is 0 Å². The fourth-order valence-electron chi connectivity index (χ4n) is 4.76. The molecule has 1 saturated carbocycles. The van der Waals surface area contributed by atoms with Gasteiger partial charge in [0.05, 0.1) is 11.5 Å². The van der Waals surface area contributed by atoms with Crippen LogP contribution in [-0.2, 0) is 4.79 Å². The lowest BCUT2D eigenvalue weighted by Crippen LogP contribution is -2.48. The molecule has 2 aliphatic rings. The van der Waals surface area contributed by atoms with Crippen molar-refractivity contribution in [1.29, 1.82) is 0 Å². The van der Waals surface area contributed by atoms with E-state index in [1.807, 2.05) is 43.5 Å². The lowest BCUT2D eigenvalue weighted by atomic mass is 9.81. The number of amides is 1. The van der Waals surface area contributed by atoms with Gasteiger partial charge < -0.3 is 20.3 Å². The molecule has 7 heteroatoms. The number of nitrogens with zero attached hydrogens (tertiary/aromatic N) is 3. The zero-order valence-electron chi connectivity index (χ0n) is 17.1. The minimum absolute atomic E-state index is 0.0116. The van der Waals surface area contributed by atoms with Crippen LogP contribution in [0.3, 0.4) is 0 Å². The molecular weight excluding hydrogens is 378 g/mol. The molecule has 2 atom stereocenters. The van der Waals surface area contributed by atoms with E-state index in [-0.39, 0.29) is 23.8 Å². The summed E-state index contributed by atoms with van der Waals surface area (Å²) in [5.74, 6) is 0.997. The molecule has 3 N–H and O–H groups in total. The first-order valence-electron chi connectivity index (χ1n) is 10.6. The zero-order chi connectivity index (χ0) is 20.7. The third-order valence-corrected chi connectivity index (χ3v) is 6.71. The second-order valence-corrected chi connectivity index (χ2v) is 8.73. The third kappa shape index (κ3) is 3.43. The molecule has 1 saturated heterocycles. The number of carbonyl (C=O) groups is 1. The molecule has 2 fully saturated rings. The first-order valence-corrected chi connectivity index (χ1v) is 10.6. The summed E-state index contributed by atoms with van der Waals surface area (Å²) in [4.78, 5) is 27.2. The number of anilines is 1. The van der Waals surface area contributed by atoms with Gasteiger partial charge in [-0.15, -0.1) is 0 Å². The number of nitrogens with one attached hydrogen (secondary N) is 2. The lowest BCUT2D eigenvalue weighted by molar-refractivity contribution is -0.128. The second kappa shape index (κ2) is 7.40. The Morgan fingerprint density at radius 1 is 1.30 bits per heavy atom. The Bertz CT molecular complexity index is 1060. The minimum atomic E-state index is -0.687. The molecule has 2 aromatic heterocycles. The van der Waals surface area contributed by atoms with Gasteiger partial charge in [0.1, 0.15) is 17.8 Å². The number of rotatable bonds is 5. The topological polar surface area (TPSA) is 94.1 Å². The number of aromatic amines is 1. The molecule has 0 radical (unpaired) electrons. The molecule has 156 valence electrons. The van der Waals surface area contributed by atoms with Gasteiger partial charge in [-0.1, -0.05) is 29.8 Å². The number of aliphatic hydroxyl groups excluding tert-OH is 1. The van der Waals surface area contributed by atoms with Crippen LogP contribution in [0.25, 0.3) is 11.0 Å². The van der Waals surface area contributed by atoms with Crippen molar-refractivity contribution in [3.8, 4) is 0 Å². The fourth-order valence-corrected chi connectivity index (χ4v) is 4.76. The van der Waals surface area contributed by atoms with E-state index in [0.29, 0.717) is 0 Å². The number of aryl methyl sites for hydroxylation is 1. The maximum Gasteiger partial charge on any atom is 0.223 e.